The Morgan fingerprint density at radius 2 is 0.303 bits per heavy atom. The van der Waals surface area contributed by atoms with Crippen LogP contribution >= 0.6 is 0 Å². The standard InChI is InChI=1S/C42H36O18S6/c43-61(44,45)37-25-7-1-8-26(37)20-28-10-3-12-30(39(28)63(49,50)51)22-32-14-5-16-34(41(32)65(55,56)57)24-36-18-6-17-35(42(36)66(58,59)60)23-33-15-4-13-31(40(33)64(52,53)54)21-29-11-2-9-27(19-25)38(29)62(46,47)48/h1-18H,19-24H2,(H,43,44,45)(H,46,47,48)(H,49,50,51)(H,52,53,54)(H,55,56,57)(H,58,59,60). The fourth-order valence-corrected chi connectivity index (χ4v) is 14.4. The van der Waals surface area contributed by atoms with Crippen LogP contribution in [0.3, 0.4) is 0 Å². The summed E-state index contributed by atoms with van der Waals surface area (Å²) in [4.78, 5) is -4.87. The number of hydrogen-bond acceptors (Lipinski definition) is 12. The lowest BCUT2D eigenvalue weighted by Crippen LogP contribution is -2.15. The second-order valence-corrected chi connectivity index (χ2v) is 23.5. The van der Waals surface area contributed by atoms with Crippen LogP contribution in [0.2, 0.25) is 0 Å². The topological polar surface area (TPSA) is 326 Å². The van der Waals surface area contributed by atoms with Gasteiger partial charge in [0.15, 0.2) is 0 Å². The van der Waals surface area contributed by atoms with Crippen LogP contribution in [0, 0.1) is 0 Å². The maximum Gasteiger partial charge on any atom is 0.295 e. The highest BCUT2D eigenvalue weighted by Gasteiger charge is 2.31. The molecule has 0 aromatic heterocycles. The van der Waals surface area contributed by atoms with E-state index in [2.05, 4.69) is 0 Å². The lowest BCUT2D eigenvalue weighted by atomic mass is 9.93. The van der Waals surface area contributed by atoms with Crippen molar-refractivity contribution >= 4 is 60.7 Å². The van der Waals surface area contributed by atoms with E-state index in [4.69, 9.17) is 0 Å². The molecule has 0 radical (unpaired) electrons. The molecule has 0 heterocycles. The molecule has 0 atom stereocenters. The molecular formula is C42H36O18S6. The number of rotatable bonds is 6. The van der Waals surface area contributed by atoms with E-state index in [1.54, 1.807) is 0 Å². The summed E-state index contributed by atoms with van der Waals surface area (Å²) >= 11 is 0. The highest BCUT2D eigenvalue weighted by Crippen LogP contribution is 2.36. The van der Waals surface area contributed by atoms with Gasteiger partial charge in [-0.3, -0.25) is 27.3 Å². The van der Waals surface area contributed by atoms with Crippen LogP contribution in [0.4, 0.5) is 0 Å². The maximum absolute atomic E-state index is 13.2. The molecule has 6 aromatic carbocycles. The quantitative estimate of drug-likeness (QED) is 0.119. The van der Waals surface area contributed by atoms with Crippen molar-refractivity contribution < 1.29 is 77.8 Å². The minimum atomic E-state index is -5.27. The molecule has 18 nitrogen and oxygen atoms in total. The zero-order valence-electron chi connectivity index (χ0n) is 33.7. The Labute approximate surface area is 380 Å². The van der Waals surface area contributed by atoms with Crippen molar-refractivity contribution in [3.8, 4) is 0 Å². The Hall–Kier alpha value is -5.22. The van der Waals surface area contributed by atoms with Crippen molar-refractivity contribution in [1.82, 2.24) is 0 Å². The molecule has 6 aromatic rings. The van der Waals surface area contributed by atoms with Gasteiger partial charge < -0.3 is 0 Å². The number of benzene rings is 6. The molecule has 0 aliphatic heterocycles. The van der Waals surface area contributed by atoms with Gasteiger partial charge in [-0.25, -0.2) is 0 Å². The summed E-state index contributed by atoms with van der Waals surface area (Å²) in [5, 5.41) is 0. The van der Waals surface area contributed by atoms with Gasteiger partial charge in [-0.1, -0.05) is 109 Å². The molecule has 12 bridgehead atoms. The summed E-state index contributed by atoms with van der Waals surface area (Å²) in [6, 6.07) is 22.1. The molecule has 66 heavy (non-hydrogen) atoms. The van der Waals surface area contributed by atoms with Crippen LogP contribution in [0.5, 0.6) is 0 Å². The molecule has 0 fully saturated rings. The van der Waals surface area contributed by atoms with Gasteiger partial charge in [0.2, 0.25) is 0 Å². The van der Waals surface area contributed by atoms with Crippen LogP contribution in [0.1, 0.15) is 66.8 Å². The van der Waals surface area contributed by atoms with Crippen molar-refractivity contribution in [2.45, 2.75) is 67.9 Å². The maximum atomic E-state index is 13.2. The summed E-state index contributed by atoms with van der Waals surface area (Å²) in [7, 11) is -31.6. The predicted molar refractivity (Wildman–Crippen MR) is 234 cm³/mol. The van der Waals surface area contributed by atoms with Gasteiger partial charge in [0.1, 0.15) is 29.4 Å². The molecule has 0 spiro atoms. The van der Waals surface area contributed by atoms with Crippen LogP contribution in [-0.2, 0) is 99.2 Å². The third-order valence-corrected chi connectivity index (χ3v) is 17.1. The van der Waals surface area contributed by atoms with Gasteiger partial charge in [-0.05, 0) is 66.8 Å². The van der Waals surface area contributed by atoms with E-state index in [0.717, 1.165) is 0 Å². The summed E-state index contributed by atoms with van der Waals surface area (Å²) in [5.74, 6) is 0. The van der Waals surface area contributed by atoms with E-state index in [9.17, 15) is 77.8 Å². The minimum absolute atomic E-state index is 0.275. The molecule has 1 aliphatic carbocycles. The first kappa shape index (κ1) is 48.7. The first-order chi connectivity index (χ1) is 30.5. The van der Waals surface area contributed by atoms with Gasteiger partial charge in [0.05, 0.1) is 0 Å². The SMILES string of the molecule is O=S(=O)(O)c1c2cccc1Cc1cccc(c1S(=O)(=O)O)Cc1cccc(c1S(=O)(=O)O)Cc1cccc(c1S(=O)(=O)O)Cc1cccc(c1S(=O)(=O)O)Cc1cccc(c1S(=O)(=O)O)C2. The smallest absolute Gasteiger partial charge is 0.282 e. The molecule has 24 heteroatoms. The highest BCUT2D eigenvalue weighted by atomic mass is 32.2. The lowest BCUT2D eigenvalue weighted by molar-refractivity contribution is 0.477. The molecule has 0 saturated heterocycles. The van der Waals surface area contributed by atoms with Crippen LogP contribution < -0.4 is 0 Å². The second-order valence-electron chi connectivity index (χ2n) is 15.3. The van der Waals surface area contributed by atoms with Gasteiger partial charge in [0, 0.05) is 38.5 Å². The van der Waals surface area contributed by atoms with Crippen LogP contribution in [0.15, 0.2) is 139 Å². The van der Waals surface area contributed by atoms with E-state index < -0.39 is 129 Å². The average molecular weight is 1020 g/mol. The second kappa shape index (κ2) is 17.5. The van der Waals surface area contributed by atoms with E-state index >= 15 is 0 Å². The molecule has 0 unspecified atom stereocenters. The zero-order valence-corrected chi connectivity index (χ0v) is 38.6. The molecular weight excluding hydrogens is 985 g/mol. The Morgan fingerprint density at radius 1 is 0.212 bits per heavy atom. The Kier molecular flexibility index (Phi) is 12.9. The highest BCUT2D eigenvalue weighted by molar-refractivity contribution is 7.87. The number of hydrogen-bond donors (Lipinski definition) is 6. The minimum Gasteiger partial charge on any atom is -0.282 e. The first-order valence-corrected chi connectivity index (χ1v) is 27.7. The van der Waals surface area contributed by atoms with E-state index in [-0.39, 0.29) is 66.8 Å². The molecule has 6 N–H and O–H groups in total. The van der Waals surface area contributed by atoms with Gasteiger partial charge in [-0.2, -0.15) is 50.5 Å². The molecule has 7 rings (SSSR count). The van der Waals surface area contributed by atoms with Crippen molar-refractivity contribution in [3.63, 3.8) is 0 Å². The number of fused-ring (bicyclic) bond motifs is 12. The lowest BCUT2D eigenvalue weighted by Gasteiger charge is -2.19. The van der Waals surface area contributed by atoms with Crippen molar-refractivity contribution in [1.29, 1.82) is 0 Å². The molecule has 0 saturated carbocycles. The van der Waals surface area contributed by atoms with Gasteiger partial charge in [0.25, 0.3) is 60.7 Å². The predicted octanol–water partition coefficient (Wildman–Crippen LogP) is 5.03. The van der Waals surface area contributed by atoms with E-state index in [1.807, 2.05) is 0 Å². The Bertz CT molecular complexity index is 2940. The molecule has 0 amide bonds. The van der Waals surface area contributed by atoms with E-state index in [1.165, 1.54) is 109 Å². The summed E-state index contributed by atoms with van der Waals surface area (Å²) < 4.78 is 222. The third-order valence-electron chi connectivity index (χ3n) is 10.9. The first-order valence-electron chi connectivity index (χ1n) is 19.0. The monoisotopic (exact) mass is 1020 g/mol. The van der Waals surface area contributed by atoms with Gasteiger partial charge >= 0.3 is 0 Å². The van der Waals surface area contributed by atoms with Crippen molar-refractivity contribution in [2.24, 2.45) is 0 Å². The summed E-state index contributed by atoms with van der Waals surface area (Å²) in [5.41, 5.74) is -3.30. The van der Waals surface area contributed by atoms with Crippen LogP contribution in [-0.4, -0.2) is 77.8 Å². The zero-order chi connectivity index (χ0) is 48.4. The summed E-state index contributed by atoms with van der Waals surface area (Å²) in [6.45, 7) is 0. The fraction of sp³-hybridized carbons (Fsp3) is 0.143. The molecule has 348 valence electrons. The Morgan fingerprint density at radius 3 is 0.379 bits per heavy atom. The average Bonchev–Trinajstić information content (AvgIpc) is 3.15. The molecule has 1 aliphatic rings. The van der Waals surface area contributed by atoms with Crippen molar-refractivity contribution in [3.05, 3.63) is 176 Å². The van der Waals surface area contributed by atoms with E-state index in [0.29, 0.717) is 0 Å². The Balaban J connectivity index is 1.59. The third kappa shape index (κ3) is 10.2. The largest absolute Gasteiger partial charge is 0.295 e. The van der Waals surface area contributed by atoms with Crippen LogP contribution in [0.25, 0.3) is 0 Å². The fourth-order valence-electron chi connectivity index (χ4n) is 8.72. The normalized spacial score (nSPS) is 14.3. The van der Waals surface area contributed by atoms with Crippen molar-refractivity contribution in [2.75, 3.05) is 0 Å². The summed E-state index contributed by atoms with van der Waals surface area (Å²) in [6.07, 6.45) is -3.97. The van der Waals surface area contributed by atoms with Gasteiger partial charge in [-0.15, -0.1) is 0 Å².